The molecule has 0 saturated carbocycles. The summed E-state index contributed by atoms with van der Waals surface area (Å²) in [6, 6.07) is 89.0. The van der Waals surface area contributed by atoms with E-state index in [1.54, 1.807) is 0 Å². The third-order valence-corrected chi connectivity index (χ3v) is 12.0. The van der Waals surface area contributed by atoms with E-state index in [-0.39, 0.29) is 0 Å². The smallest absolute Gasteiger partial charge is 0.143 e. The Morgan fingerprint density at radius 2 is 0.629 bits per heavy atom. The lowest BCUT2D eigenvalue weighted by molar-refractivity contribution is 0.670. The molecule has 11 rings (SSSR count). The summed E-state index contributed by atoms with van der Waals surface area (Å²) in [7, 11) is 0. The lowest BCUT2D eigenvalue weighted by Crippen LogP contribution is -2.12. The average molecular weight is 792 g/mol. The lowest BCUT2D eigenvalue weighted by Gasteiger charge is -2.30. The summed E-state index contributed by atoms with van der Waals surface area (Å²) in [5.74, 6) is 0. The Hall–Kier alpha value is -8.20. The topological polar surface area (TPSA) is 16.4 Å². The molecular formula is C60H41NO. The number of anilines is 3. The SMILES string of the molecule is c1ccc(-c2ccc(-c3ccc(N(c4ccccc4-c4ccccc4-c4ccccc4-c4ccccc4)c4ccccc4-c4cccc5c4oc4ccccc45)cc3)cc2)cc1. The van der Waals surface area contributed by atoms with E-state index in [4.69, 9.17) is 4.42 Å². The number of nitrogens with zero attached hydrogens (tertiary/aromatic N) is 1. The first kappa shape index (κ1) is 36.8. The van der Waals surface area contributed by atoms with E-state index < -0.39 is 0 Å². The second-order valence-electron chi connectivity index (χ2n) is 15.6. The molecule has 1 heterocycles. The van der Waals surface area contributed by atoms with Crippen LogP contribution in [0, 0.1) is 0 Å². The van der Waals surface area contributed by atoms with Gasteiger partial charge in [-0.25, -0.2) is 0 Å². The minimum Gasteiger partial charge on any atom is -0.455 e. The number of hydrogen-bond donors (Lipinski definition) is 0. The van der Waals surface area contributed by atoms with Crippen LogP contribution in [0.2, 0.25) is 0 Å². The fourth-order valence-corrected chi connectivity index (χ4v) is 8.99. The Morgan fingerprint density at radius 1 is 0.242 bits per heavy atom. The van der Waals surface area contributed by atoms with Crippen molar-refractivity contribution in [3.63, 3.8) is 0 Å². The van der Waals surface area contributed by atoms with Crippen LogP contribution in [0.1, 0.15) is 0 Å². The highest BCUT2D eigenvalue weighted by Gasteiger charge is 2.24. The molecule has 2 heteroatoms. The molecule has 0 amide bonds. The van der Waals surface area contributed by atoms with Gasteiger partial charge in [-0.1, -0.05) is 218 Å². The van der Waals surface area contributed by atoms with Gasteiger partial charge in [0, 0.05) is 33.2 Å². The molecule has 0 fully saturated rings. The predicted octanol–water partition coefficient (Wildman–Crippen LogP) is 17.1. The number of rotatable bonds is 9. The van der Waals surface area contributed by atoms with E-state index in [1.165, 1.54) is 38.9 Å². The van der Waals surface area contributed by atoms with Crippen molar-refractivity contribution >= 4 is 39.0 Å². The fourth-order valence-electron chi connectivity index (χ4n) is 8.99. The Labute approximate surface area is 362 Å². The van der Waals surface area contributed by atoms with Crippen LogP contribution in [0.5, 0.6) is 0 Å². The zero-order chi connectivity index (χ0) is 41.2. The highest BCUT2D eigenvalue weighted by Crippen LogP contribution is 2.49. The molecule has 0 bridgehead atoms. The number of para-hydroxylation sites is 4. The van der Waals surface area contributed by atoms with Crippen molar-refractivity contribution in [3.05, 3.63) is 249 Å². The van der Waals surface area contributed by atoms with Crippen LogP contribution in [-0.4, -0.2) is 0 Å². The molecule has 0 saturated heterocycles. The van der Waals surface area contributed by atoms with Crippen molar-refractivity contribution in [1.82, 2.24) is 0 Å². The first-order valence-corrected chi connectivity index (χ1v) is 21.2. The van der Waals surface area contributed by atoms with Crippen molar-refractivity contribution < 1.29 is 4.42 Å². The third-order valence-electron chi connectivity index (χ3n) is 12.0. The molecule has 0 unspecified atom stereocenters. The van der Waals surface area contributed by atoms with Gasteiger partial charge < -0.3 is 9.32 Å². The Kier molecular flexibility index (Phi) is 9.57. The number of benzene rings is 10. The first-order valence-electron chi connectivity index (χ1n) is 21.2. The molecule has 292 valence electrons. The van der Waals surface area contributed by atoms with E-state index in [0.29, 0.717) is 0 Å². The molecule has 0 aliphatic heterocycles. The molecule has 62 heavy (non-hydrogen) atoms. The van der Waals surface area contributed by atoms with E-state index in [0.717, 1.165) is 66.8 Å². The fraction of sp³-hybridized carbons (Fsp3) is 0. The summed E-state index contributed by atoms with van der Waals surface area (Å²) in [6.45, 7) is 0. The van der Waals surface area contributed by atoms with Crippen LogP contribution < -0.4 is 4.90 Å². The summed E-state index contributed by atoms with van der Waals surface area (Å²) < 4.78 is 6.67. The van der Waals surface area contributed by atoms with Crippen LogP contribution in [-0.2, 0) is 0 Å². The second-order valence-corrected chi connectivity index (χ2v) is 15.6. The summed E-state index contributed by atoms with van der Waals surface area (Å²) in [5, 5.41) is 2.22. The zero-order valence-electron chi connectivity index (χ0n) is 34.0. The van der Waals surface area contributed by atoms with Crippen molar-refractivity contribution in [2.45, 2.75) is 0 Å². The molecular weight excluding hydrogens is 751 g/mol. The minimum absolute atomic E-state index is 0.881. The largest absolute Gasteiger partial charge is 0.455 e. The highest BCUT2D eigenvalue weighted by molar-refractivity contribution is 6.11. The van der Waals surface area contributed by atoms with E-state index in [9.17, 15) is 0 Å². The monoisotopic (exact) mass is 791 g/mol. The van der Waals surface area contributed by atoms with Gasteiger partial charge in [0.05, 0.1) is 11.4 Å². The number of furan rings is 1. The molecule has 0 radical (unpaired) electrons. The third kappa shape index (κ3) is 6.74. The maximum absolute atomic E-state index is 6.67. The number of fused-ring (bicyclic) bond motifs is 3. The van der Waals surface area contributed by atoms with Crippen molar-refractivity contribution in [2.24, 2.45) is 0 Å². The maximum Gasteiger partial charge on any atom is 0.143 e. The Morgan fingerprint density at radius 3 is 1.24 bits per heavy atom. The zero-order valence-corrected chi connectivity index (χ0v) is 34.0. The van der Waals surface area contributed by atoms with Gasteiger partial charge in [-0.15, -0.1) is 0 Å². The van der Waals surface area contributed by atoms with Gasteiger partial charge >= 0.3 is 0 Å². The molecule has 0 atom stereocenters. The van der Waals surface area contributed by atoms with E-state index in [1.807, 2.05) is 6.07 Å². The van der Waals surface area contributed by atoms with E-state index in [2.05, 4.69) is 248 Å². The molecule has 0 N–H and O–H groups in total. The van der Waals surface area contributed by atoms with Crippen molar-refractivity contribution in [2.75, 3.05) is 4.90 Å². The van der Waals surface area contributed by atoms with Gasteiger partial charge in [-0.3, -0.25) is 0 Å². The molecule has 0 aliphatic rings. The normalized spacial score (nSPS) is 11.2. The first-order chi connectivity index (χ1) is 30.8. The van der Waals surface area contributed by atoms with Crippen LogP contribution in [0.4, 0.5) is 17.1 Å². The average Bonchev–Trinajstić information content (AvgIpc) is 3.75. The van der Waals surface area contributed by atoms with Crippen LogP contribution in [0.15, 0.2) is 253 Å². The Bertz CT molecular complexity index is 3330. The highest BCUT2D eigenvalue weighted by atomic mass is 16.3. The quantitative estimate of drug-likeness (QED) is 0.145. The summed E-state index contributed by atoms with van der Waals surface area (Å²) in [4.78, 5) is 2.42. The molecule has 0 aliphatic carbocycles. The summed E-state index contributed by atoms with van der Waals surface area (Å²) in [5.41, 5.74) is 18.8. The molecule has 11 aromatic rings. The summed E-state index contributed by atoms with van der Waals surface area (Å²) in [6.07, 6.45) is 0. The van der Waals surface area contributed by atoms with Crippen LogP contribution in [0.3, 0.4) is 0 Å². The van der Waals surface area contributed by atoms with Gasteiger partial charge in [-0.2, -0.15) is 0 Å². The van der Waals surface area contributed by atoms with Gasteiger partial charge in [-0.05, 0) is 80.4 Å². The van der Waals surface area contributed by atoms with Crippen LogP contribution >= 0.6 is 0 Å². The Balaban J connectivity index is 1.10. The number of hydrogen-bond acceptors (Lipinski definition) is 2. The second kappa shape index (κ2) is 16.1. The van der Waals surface area contributed by atoms with Gasteiger partial charge in [0.15, 0.2) is 0 Å². The van der Waals surface area contributed by atoms with Gasteiger partial charge in [0.25, 0.3) is 0 Å². The van der Waals surface area contributed by atoms with Gasteiger partial charge in [0.1, 0.15) is 11.2 Å². The summed E-state index contributed by atoms with van der Waals surface area (Å²) >= 11 is 0. The maximum atomic E-state index is 6.67. The van der Waals surface area contributed by atoms with E-state index >= 15 is 0 Å². The van der Waals surface area contributed by atoms with Gasteiger partial charge in [0.2, 0.25) is 0 Å². The van der Waals surface area contributed by atoms with Crippen molar-refractivity contribution in [1.29, 1.82) is 0 Å². The molecule has 10 aromatic carbocycles. The van der Waals surface area contributed by atoms with Crippen molar-refractivity contribution in [3.8, 4) is 66.8 Å². The molecule has 0 spiro atoms. The standard InChI is InChI=1S/C60H41NO/c1-3-18-42(19-4-1)43-34-36-44(37-35-43)45-38-40-47(41-39-45)61(58-32-15-12-27-53(58)55-29-17-30-56-54-28-13-16-33-59(54)62-60(55)56)57-31-14-11-26-52(57)51-25-10-9-24-50(51)49-23-8-7-22-48(49)46-20-5-2-6-21-46/h1-41H. The molecule has 2 nitrogen and oxygen atoms in total. The van der Waals surface area contributed by atoms with Crippen LogP contribution in [0.25, 0.3) is 88.7 Å². The minimum atomic E-state index is 0.881. The molecule has 1 aromatic heterocycles. The predicted molar refractivity (Wildman–Crippen MR) is 261 cm³/mol. The lowest BCUT2D eigenvalue weighted by atomic mass is 9.88.